The summed E-state index contributed by atoms with van der Waals surface area (Å²) >= 11 is 0. The number of urea groups is 1. The topological polar surface area (TPSA) is 52.7 Å². The Morgan fingerprint density at radius 2 is 1.48 bits per heavy atom. The van der Waals surface area contributed by atoms with Crippen LogP contribution in [0.3, 0.4) is 0 Å². The van der Waals surface area contributed by atoms with Gasteiger partial charge < -0.3 is 15.1 Å². The third kappa shape index (κ3) is 3.97. The van der Waals surface area contributed by atoms with E-state index in [2.05, 4.69) is 5.32 Å². The van der Waals surface area contributed by atoms with Crippen molar-refractivity contribution in [2.24, 2.45) is 5.41 Å². The largest absolute Gasteiger partial charge is 0.339 e. The van der Waals surface area contributed by atoms with Crippen molar-refractivity contribution in [2.75, 3.05) is 31.5 Å². The first kappa shape index (κ1) is 15.4. The third-order valence-corrected chi connectivity index (χ3v) is 3.52. The average molecular weight is 289 g/mol. The van der Waals surface area contributed by atoms with Crippen LogP contribution in [0.4, 0.5) is 10.5 Å². The van der Waals surface area contributed by atoms with Gasteiger partial charge in [-0.15, -0.1) is 0 Å². The normalized spacial score (nSPS) is 15.8. The zero-order valence-electron chi connectivity index (χ0n) is 12.9. The van der Waals surface area contributed by atoms with Crippen LogP contribution in [-0.4, -0.2) is 47.9 Å². The molecule has 1 N–H and O–H groups in total. The second-order valence-electron chi connectivity index (χ2n) is 6.33. The fraction of sp³-hybridized carbons (Fsp3) is 0.500. The molecule has 1 aromatic rings. The minimum Gasteiger partial charge on any atom is -0.339 e. The zero-order chi connectivity index (χ0) is 15.5. The average Bonchev–Trinajstić information content (AvgIpc) is 2.46. The molecule has 5 heteroatoms. The molecule has 0 bridgehead atoms. The molecule has 114 valence electrons. The van der Waals surface area contributed by atoms with Crippen molar-refractivity contribution in [1.29, 1.82) is 0 Å². The van der Waals surface area contributed by atoms with Gasteiger partial charge in [0.25, 0.3) is 0 Å². The first-order valence-corrected chi connectivity index (χ1v) is 7.28. The van der Waals surface area contributed by atoms with Crippen molar-refractivity contribution in [1.82, 2.24) is 9.80 Å². The zero-order valence-corrected chi connectivity index (χ0v) is 12.9. The molecule has 1 saturated heterocycles. The SMILES string of the molecule is CC(C)(C)C(=O)N1CCN(C(=O)Nc2ccccc2)CC1. The molecule has 0 saturated carbocycles. The van der Waals surface area contributed by atoms with Gasteiger partial charge >= 0.3 is 6.03 Å². The molecule has 1 aromatic carbocycles. The Kier molecular flexibility index (Phi) is 4.50. The van der Waals surface area contributed by atoms with Gasteiger partial charge in [0, 0.05) is 37.3 Å². The van der Waals surface area contributed by atoms with Crippen molar-refractivity contribution in [3.63, 3.8) is 0 Å². The van der Waals surface area contributed by atoms with Gasteiger partial charge in [-0.25, -0.2) is 4.79 Å². The molecule has 5 nitrogen and oxygen atoms in total. The highest BCUT2D eigenvalue weighted by Gasteiger charge is 2.30. The number of hydrogen-bond donors (Lipinski definition) is 1. The minimum atomic E-state index is -0.367. The van der Waals surface area contributed by atoms with Crippen molar-refractivity contribution in [3.8, 4) is 0 Å². The maximum atomic E-state index is 12.2. The van der Waals surface area contributed by atoms with Crippen LogP contribution in [-0.2, 0) is 4.79 Å². The van der Waals surface area contributed by atoms with E-state index in [9.17, 15) is 9.59 Å². The van der Waals surface area contributed by atoms with E-state index in [-0.39, 0.29) is 17.4 Å². The molecule has 0 aromatic heterocycles. The number of amides is 3. The maximum absolute atomic E-state index is 12.2. The Morgan fingerprint density at radius 3 is 2.00 bits per heavy atom. The number of carbonyl (C=O) groups excluding carboxylic acids is 2. The molecule has 3 amide bonds. The van der Waals surface area contributed by atoms with Crippen LogP contribution in [0.2, 0.25) is 0 Å². The number of rotatable bonds is 1. The van der Waals surface area contributed by atoms with Gasteiger partial charge in [-0.2, -0.15) is 0 Å². The van der Waals surface area contributed by atoms with Crippen LogP contribution < -0.4 is 5.32 Å². The lowest BCUT2D eigenvalue weighted by Gasteiger charge is -2.37. The smallest absolute Gasteiger partial charge is 0.321 e. The van der Waals surface area contributed by atoms with E-state index in [0.29, 0.717) is 26.2 Å². The maximum Gasteiger partial charge on any atom is 0.321 e. The molecule has 1 aliphatic heterocycles. The van der Waals surface area contributed by atoms with Gasteiger partial charge in [0.1, 0.15) is 0 Å². The standard InChI is InChI=1S/C16H23N3O2/c1-16(2,3)14(20)18-9-11-19(12-10-18)15(21)17-13-7-5-4-6-8-13/h4-8H,9-12H2,1-3H3,(H,17,21). The molecule has 21 heavy (non-hydrogen) atoms. The van der Waals surface area contributed by atoms with E-state index in [1.54, 1.807) is 4.90 Å². The highest BCUT2D eigenvalue weighted by Crippen LogP contribution is 2.19. The van der Waals surface area contributed by atoms with Crippen LogP contribution in [0.25, 0.3) is 0 Å². The van der Waals surface area contributed by atoms with Gasteiger partial charge in [0.15, 0.2) is 0 Å². The lowest BCUT2D eigenvalue weighted by atomic mass is 9.94. The van der Waals surface area contributed by atoms with Crippen LogP contribution in [0.5, 0.6) is 0 Å². The van der Waals surface area contributed by atoms with E-state index < -0.39 is 0 Å². The Bertz CT molecular complexity index is 500. The summed E-state index contributed by atoms with van der Waals surface area (Å²) in [6.45, 7) is 8.09. The molecule has 0 spiro atoms. The molecule has 1 heterocycles. The first-order chi connectivity index (χ1) is 9.88. The molecule has 1 aliphatic rings. The Labute approximate surface area is 125 Å². The van der Waals surface area contributed by atoms with E-state index in [0.717, 1.165) is 5.69 Å². The number of piperazine rings is 1. The fourth-order valence-electron chi connectivity index (χ4n) is 2.31. The summed E-state index contributed by atoms with van der Waals surface area (Å²) in [5.74, 6) is 0.144. The second-order valence-corrected chi connectivity index (χ2v) is 6.33. The van der Waals surface area contributed by atoms with E-state index in [1.165, 1.54) is 0 Å². The van der Waals surface area contributed by atoms with Crippen LogP contribution in [0, 0.1) is 5.41 Å². The first-order valence-electron chi connectivity index (χ1n) is 7.28. The lowest BCUT2D eigenvalue weighted by molar-refractivity contribution is -0.140. The predicted octanol–water partition coefficient (Wildman–Crippen LogP) is 2.41. The summed E-state index contributed by atoms with van der Waals surface area (Å²) in [6.07, 6.45) is 0. The van der Waals surface area contributed by atoms with E-state index in [4.69, 9.17) is 0 Å². The molecule has 2 rings (SSSR count). The number of para-hydroxylation sites is 1. The second kappa shape index (κ2) is 6.16. The summed E-state index contributed by atoms with van der Waals surface area (Å²) in [7, 11) is 0. The van der Waals surface area contributed by atoms with Crippen LogP contribution in [0.1, 0.15) is 20.8 Å². The number of nitrogens with zero attached hydrogens (tertiary/aromatic N) is 2. The number of nitrogens with one attached hydrogen (secondary N) is 1. The molecule has 0 aliphatic carbocycles. The van der Waals surface area contributed by atoms with Crippen molar-refractivity contribution in [3.05, 3.63) is 30.3 Å². The lowest BCUT2D eigenvalue weighted by Crippen LogP contribution is -2.53. The monoisotopic (exact) mass is 289 g/mol. The van der Waals surface area contributed by atoms with Crippen LogP contribution in [0.15, 0.2) is 30.3 Å². The summed E-state index contributed by atoms with van der Waals surface area (Å²) < 4.78 is 0. The number of benzene rings is 1. The highest BCUT2D eigenvalue weighted by molar-refractivity contribution is 5.89. The van der Waals surface area contributed by atoms with Gasteiger partial charge in [0.05, 0.1) is 0 Å². The third-order valence-electron chi connectivity index (χ3n) is 3.52. The number of hydrogen-bond acceptors (Lipinski definition) is 2. The van der Waals surface area contributed by atoms with Crippen molar-refractivity contribution >= 4 is 17.6 Å². The van der Waals surface area contributed by atoms with Gasteiger partial charge in [-0.3, -0.25) is 4.79 Å². The Balaban J connectivity index is 1.86. The molecule has 0 radical (unpaired) electrons. The van der Waals surface area contributed by atoms with Gasteiger partial charge in [-0.1, -0.05) is 39.0 Å². The fourth-order valence-corrected chi connectivity index (χ4v) is 2.31. The summed E-state index contributed by atoms with van der Waals surface area (Å²) in [5, 5.41) is 2.87. The van der Waals surface area contributed by atoms with Crippen LogP contribution >= 0.6 is 0 Å². The summed E-state index contributed by atoms with van der Waals surface area (Å²) in [6, 6.07) is 9.29. The Hall–Kier alpha value is -2.04. The van der Waals surface area contributed by atoms with Gasteiger partial charge in [-0.05, 0) is 12.1 Å². The minimum absolute atomic E-state index is 0.107. The quantitative estimate of drug-likeness (QED) is 0.863. The molecule has 0 unspecified atom stereocenters. The number of carbonyl (C=O) groups is 2. The van der Waals surface area contributed by atoms with E-state index >= 15 is 0 Å². The van der Waals surface area contributed by atoms with E-state index in [1.807, 2.05) is 56.0 Å². The molecule has 1 fully saturated rings. The number of anilines is 1. The van der Waals surface area contributed by atoms with Crippen molar-refractivity contribution in [2.45, 2.75) is 20.8 Å². The van der Waals surface area contributed by atoms with Crippen molar-refractivity contribution < 1.29 is 9.59 Å². The molecular formula is C16H23N3O2. The molecular weight excluding hydrogens is 266 g/mol. The Morgan fingerprint density at radius 1 is 0.952 bits per heavy atom. The summed E-state index contributed by atoms with van der Waals surface area (Å²) in [5.41, 5.74) is 0.421. The predicted molar refractivity (Wildman–Crippen MR) is 83.1 cm³/mol. The highest BCUT2D eigenvalue weighted by atomic mass is 16.2. The van der Waals surface area contributed by atoms with Gasteiger partial charge in [0.2, 0.25) is 5.91 Å². The summed E-state index contributed by atoms with van der Waals surface area (Å²) in [4.78, 5) is 27.9. The molecule has 0 atom stereocenters.